The van der Waals surface area contributed by atoms with E-state index >= 15 is 0 Å². The Bertz CT molecular complexity index is 1220. The molecule has 4 rings (SSSR count). The van der Waals surface area contributed by atoms with E-state index in [1.165, 1.54) is 36.9 Å². The first-order valence-electron chi connectivity index (χ1n) is 10.5. The van der Waals surface area contributed by atoms with Gasteiger partial charge in [0.05, 0.1) is 23.8 Å². The third kappa shape index (κ3) is 5.10. The Morgan fingerprint density at radius 1 is 1.27 bits per heavy atom. The largest absolute Gasteiger partial charge is 0.453 e. The minimum absolute atomic E-state index is 0.00279. The molecule has 1 saturated heterocycles. The minimum atomic E-state index is -1.56. The second-order valence-electron chi connectivity index (χ2n) is 8.56. The number of fused-ring (bicyclic) bond motifs is 1. The van der Waals surface area contributed by atoms with E-state index in [0.29, 0.717) is 36.4 Å². The molecule has 0 radical (unpaired) electrons. The highest BCUT2D eigenvalue weighted by Crippen LogP contribution is 2.32. The van der Waals surface area contributed by atoms with Crippen LogP contribution in [0.4, 0.5) is 13.2 Å². The van der Waals surface area contributed by atoms with Crippen molar-refractivity contribution in [2.45, 2.75) is 44.9 Å². The molecule has 3 aromatic rings. The quantitative estimate of drug-likeness (QED) is 0.585. The third-order valence-electron chi connectivity index (χ3n) is 5.22. The van der Waals surface area contributed by atoms with Crippen LogP contribution in [-0.4, -0.2) is 39.9 Å². The molecule has 0 spiro atoms. The van der Waals surface area contributed by atoms with Crippen LogP contribution in [0.5, 0.6) is 11.5 Å². The van der Waals surface area contributed by atoms with Crippen LogP contribution in [0.2, 0.25) is 0 Å². The maximum absolute atomic E-state index is 14.3. The summed E-state index contributed by atoms with van der Waals surface area (Å²) in [4.78, 5) is 25.2. The Labute approximate surface area is 187 Å². The summed E-state index contributed by atoms with van der Waals surface area (Å²) in [7, 11) is 0. The van der Waals surface area contributed by atoms with Crippen molar-refractivity contribution in [1.29, 1.82) is 0 Å². The van der Waals surface area contributed by atoms with Gasteiger partial charge in [0.2, 0.25) is 5.91 Å². The Hall–Kier alpha value is -3.56. The number of nitrogens with one attached hydrogen (secondary N) is 2. The number of carbonyl (C=O) groups excluding carboxylic acids is 2. The monoisotopic (exact) mass is 460 g/mol. The molecule has 2 amide bonds. The predicted molar refractivity (Wildman–Crippen MR) is 115 cm³/mol. The number of halogens is 3. The van der Waals surface area contributed by atoms with Crippen molar-refractivity contribution in [3.8, 4) is 11.5 Å². The van der Waals surface area contributed by atoms with Crippen LogP contribution in [0, 0.1) is 11.6 Å². The van der Waals surface area contributed by atoms with Gasteiger partial charge in [-0.05, 0) is 51.0 Å². The maximum Gasteiger partial charge on any atom is 0.255 e. The number of ether oxygens (including phenoxy) is 1. The molecule has 1 fully saturated rings. The smallest absolute Gasteiger partial charge is 0.255 e. The molecule has 7 nitrogen and oxygen atoms in total. The number of benzene rings is 2. The van der Waals surface area contributed by atoms with Gasteiger partial charge in [-0.15, -0.1) is 0 Å². The molecular formula is C23H23F3N4O3. The van der Waals surface area contributed by atoms with Gasteiger partial charge in [-0.1, -0.05) is 0 Å². The average Bonchev–Trinajstić information content (AvgIpc) is 3.11. The second kappa shape index (κ2) is 8.76. The van der Waals surface area contributed by atoms with Crippen LogP contribution in [-0.2, 0) is 11.3 Å². The molecule has 1 aliphatic rings. The fraction of sp³-hybridized carbons (Fsp3) is 0.348. The van der Waals surface area contributed by atoms with Crippen molar-refractivity contribution in [2.24, 2.45) is 0 Å². The van der Waals surface area contributed by atoms with E-state index in [-0.39, 0.29) is 29.5 Å². The molecule has 1 aliphatic heterocycles. The zero-order valence-electron chi connectivity index (χ0n) is 18.1. The fourth-order valence-corrected chi connectivity index (χ4v) is 3.67. The molecule has 2 N–H and O–H groups in total. The number of carbonyl (C=O) groups is 2. The summed E-state index contributed by atoms with van der Waals surface area (Å²) >= 11 is 0. The molecule has 1 unspecified atom stereocenters. The summed E-state index contributed by atoms with van der Waals surface area (Å²) in [6.45, 7) is 3.29. The fourth-order valence-electron chi connectivity index (χ4n) is 3.67. The molecule has 1 aromatic heterocycles. The zero-order chi connectivity index (χ0) is 23.8. The van der Waals surface area contributed by atoms with Crippen LogP contribution in [0.15, 0.2) is 36.5 Å². The normalized spacial score (nSPS) is 16.5. The molecule has 0 aliphatic carbocycles. The first-order valence-corrected chi connectivity index (χ1v) is 10.5. The number of nitrogens with zero attached hydrogens (tertiary/aromatic N) is 2. The lowest BCUT2D eigenvalue weighted by atomic mass is 10.1. The highest BCUT2D eigenvalue weighted by Gasteiger charge is 2.27. The SMILES string of the molecule is CC(C)(F)Cn1ncc2cc(Oc3ccc(F)cc3F)c(C(=O)NC3CCCNC3=O)cc21. The molecule has 2 heterocycles. The van der Waals surface area contributed by atoms with E-state index in [4.69, 9.17) is 4.74 Å². The highest BCUT2D eigenvalue weighted by atomic mass is 19.1. The van der Waals surface area contributed by atoms with Gasteiger partial charge in [0.1, 0.15) is 23.3 Å². The molecule has 0 bridgehead atoms. The number of amides is 2. The summed E-state index contributed by atoms with van der Waals surface area (Å²) in [6.07, 6.45) is 2.65. The minimum Gasteiger partial charge on any atom is -0.453 e. The molecule has 0 saturated carbocycles. The van der Waals surface area contributed by atoms with Crippen molar-refractivity contribution in [3.63, 3.8) is 0 Å². The highest BCUT2D eigenvalue weighted by molar-refractivity contribution is 6.03. The Balaban J connectivity index is 1.75. The molecule has 2 aromatic carbocycles. The van der Waals surface area contributed by atoms with Crippen LogP contribution in [0.25, 0.3) is 10.9 Å². The van der Waals surface area contributed by atoms with Gasteiger partial charge in [0.25, 0.3) is 5.91 Å². The van der Waals surface area contributed by atoms with E-state index in [1.54, 1.807) is 0 Å². The van der Waals surface area contributed by atoms with E-state index in [9.17, 15) is 22.8 Å². The van der Waals surface area contributed by atoms with Crippen LogP contribution < -0.4 is 15.4 Å². The first kappa shape index (κ1) is 22.6. The molecular weight excluding hydrogens is 437 g/mol. The van der Waals surface area contributed by atoms with Gasteiger partial charge >= 0.3 is 0 Å². The van der Waals surface area contributed by atoms with Gasteiger partial charge in [0, 0.05) is 18.0 Å². The summed E-state index contributed by atoms with van der Waals surface area (Å²) < 4.78 is 48.8. The Morgan fingerprint density at radius 2 is 2.06 bits per heavy atom. The summed E-state index contributed by atoms with van der Waals surface area (Å²) in [5.41, 5.74) is -1.09. The molecule has 1 atom stereocenters. The van der Waals surface area contributed by atoms with Gasteiger partial charge in [-0.2, -0.15) is 5.10 Å². The first-order chi connectivity index (χ1) is 15.6. The van der Waals surface area contributed by atoms with Gasteiger partial charge < -0.3 is 15.4 Å². The number of piperidine rings is 1. The average molecular weight is 460 g/mol. The van der Waals surface area contributed by atoms with E-state index in [2.05, 4.69) is 15.7 Å². The van der Waals surface area contributed by atoms with Crippen LogP contribution in [0.1, 0.15) is 37.0 Å². The summed E-state index contributed by atoms with van der Waals surface area (Å²) in [6, 6.07) is 5.02. The predicted octanol–water partition coefficient (Wildman–Crippen LogP) is 3.86. The second-order valence-corrected chi connectivity index (χ2v) is 8.56. The summed E-state index contributed by atoms with van der Waals surface area (Å²) in [5.74, 6) is -2.93. The van der Waals surface area contributed by atoms with Gasteiger partial charge in [-0.3, -0.25) is 14.3 Å². The number of hydrogen-bond donors (Lipinski definition) is 2. The van der Waals surface area contributed by atoms with Crippen molar-refractivity contribution in [1.82, 2.24) is 20.4 Å². The molecule has 10 heteroatoms. The number of alkyl halides is 1. The standard InChI is InChI=1S/C23H23F3N4O3/c1-23(2,26)12-30-18-10-15(21(31)29-17-4-3-7-27-22(17)32)20(8-13(18)11-28-30)33-19-6-5-14(24)9-16(19)25/h5-6,8-11,17H,3-4,7,12H2,1-2H3,(H,27,32)(H,29,31). The Morgan fingerprint density at radius 3 is 2.76 bits per heavy atom. The van der Waals surface area contributed by atoms with Crippen molar-refractivity contribution in [2.75, 3.05) is 6.54 Å². The van der Waals surface area contributed by atoms with Crippen molar-refractivity contribution >= 4 is 22.7 Å². The van der Waals surface area contributed by atoms with E-state index in [1.807, 2.05) is 0 Å². The molecule has 33 heavy (non-hydrogen) atoms. The van der Waals surface area contributed by atoms with Gasteiger partial charge in [0.15, 0.2) is 11.6 Å². The third-order valence-corrected chi connectivity index (χ3v) is 5.22. The maximum atomic E-state index is 14.3. The summed E-state index contributed by atoms with van der Waals surface area (Å²) in [5, 5.41) is 10.1. The lowest BCUT2D eigenvalue weighted by Gasteiger charge is -2.23. The van der Waals surface area contributed by atoms with E-state index < -0.39 is 29.3 Å². The number of hydrogen-bond acceptors (Lipinski definition) is 4. The topological polar surface area (TPSA) is 85.2 Å². The molecule has 174 valence electrons. The number of rotatable bonds is 6. The Kier molecular flexibility index (Phi) is 6.01. The van der Waals surface area contributed by atoms with Crippen LogP contribution >= 0.6 is 0 Å². The van der Waals surface area contributed by atoms with Crippen molar-refractivity contribution in [3.05, 3.63) is 53.7 Å². The lowest BCUT2D eigenvalue weighted by Crippen LogP contribution is -2.50. The number of aromatic nitrogens is 2. The van der Waals surface area contributed by atoms with E-state index in [0.717, 1.165) is 12.1 Å². The zero-order valence-corrected chi connectivity index (χ0v) is 18.1. The van der Waals surface area contributed by atoms with Crippen molar-refractivity contribution < 1.29 is 27.5 Å². The van der Waals surface area contributed by atoms with Crippen LogP contribution in [0.3, 0.4) is 0 Å². The lowest BCUT2D eigenvalue weighted by molar-refractivity contribution is -0.124. The van der Waals surface area contributed by atoms with Gasteiger partial charge in [-0.25, -0.2) is 13.2 Å².